The van der Waals surface area contributed by atoms with Gasteiger partial charge in [0.1, 0.15) is 11.9 Å². The molecule has 0 aliphatic carbocycles. The van der Waals surface area contributed by atoms with E-state index in [9.17, 15) is 28.4 Å². The molecule has 1 saturated heterocycles. The van der Waals surface area contributed by atoms with Crippen molar-refractivity contribution < 1.29 is 28.4 Å². The highest BCUT2D eigenvalue weighted by molar-refractivity contribution is 6.24. The van der Waals surface area contributed by atoms with Crippen molar-refractivity contribution in [2.45, 2.75) is 31.8 Å². The minimum absolute atomic E-state index is 0.00537. The summed E-state index contributed by atoms with van der Waals surface area (Å²) in [5, 5.41) is 4.85. The van der Waals surface area contributed by atoms with Crippen LogP contribution < -0.4 is 10.6 Å². The lowest BCUT2D eigenvalue weighted by atomic mass is 10.0. The van der Waals surface area contributed by atoms with Gasteiger partial charge in [0.25, 0.3) is 11.8 Å². The lowest BCUT2D eigenvalue weighted by Gasteiger charge is -2.27. The molecule has 0 radical (unpaired) electrons. The summed E-state index contributed by atoms with van der Waals surface area (Å²) < 4.78 is 13.0. The fraction of sp³-hybridized carbons (Fsp3) is 0.227. The van der Waals surface area contributed by atoms with E-state index in [1.807, 2.05) is 0 Å². The van der Waals surface area contributed by atoms with Crippen molar-refractivity contribution in [3.63, 3.8) is 0 Å². The first-order chi connectivity index (χ1) is 14.8. The Morgan fingerprint density at radius 3 is 2.52 bits per heavy atom. The van der Waals surface area contributed by atoms with E-state index in [2.05, 4.69) is 10.6 Å². The monoisotopic (exact) mass is 423 g/mol. The zero-order chi connectivity index (χ0) is 22.1. The number of halogens is 1. The molecule has 0 aromatic heterocycles. The SMILES string of the molecule is O=C(Cc1ccc(F)cc1)NCc1cccc2c1C(=O)N(C1CCC(=O)NC1=O)C2=O. The minimum atomic E-state index is -1.05. The molecule has 1 atom stereocenters. The van der Waals surface area contributed by atoms with Gasteiger partial charge in [0.15, 0.2) is 0 Å². The molecular formula is C22H18FN3O5. The maximum atomic E-state index is 13.0. The van der Waals surface area contributed by atoms with E-state index in [1.54, 1.807) is 12.1 Å². The maximum Gasteiger partial charge on any atom is 0.262 e. The van der Waals surface area contributed by atoms with Crippen LogP contribution in [0.25, 0.3) is 0 Å². The summed E-state index contributed by atoms with van der Waals surface area (Å²) in [6.07, 6.45) is 0.139. The zero-order valence-corrected chi connectivity index (χ0v) is 16.3. The molecule has 9 heteroatoms. The van der Waals surface area contributed by atoms with E-state index in [-0.39, 0.29) is 42.8 Å². The molecule has 5 amide bonds. The molecule has 0 bridgehead atoms. The van der Waals surface area contributed by atoms with Crippen LogP contribution in [0, 0.1) is 5.82 Å². The molecule has 0 spiro atoms. The third kappa shape index (κ3) is 3.94. The Kier molecular flexibility index (Phi) is 5.33. The fourth-order valence-corrected chi connectivity index (χ4v) is 3.78. The predicted molar refractivity (Wildman–Crippen MR) is 105 cm³/mol. The van der Waals surface area contributed by atoms with Crippen LogP contribution in [0.15, 0.2) is 42.5 Å². The molecule has 1 fully saturated rings. The summed E-state index contributed by atoms with van der Waals surface area (Å²) in [5.74, 6) is -3.08. The highest BCUT2D eigenvalue weighted by Crippen LogP contribution is 2.29. The van der Waals surface area contributed by atoms with Gasteiger partial charge in [0.05, 0.1) is 17.5 Å². The van der Waals surface area contributed by atoms with Gasteiger partial charge in [0.2, 0.25) is 17.7 Å². The topological polar surface area (TPSA) is 113 Å². The largest absolute Gasteiger partial charge is 0.352 e. The van der Waals surface area contributed by atoms with Crippen molar-refractivity contribution in [1.82, 2.24) is 15.5 Å². The molecule has 4 rings (SSSR count). The van der Waals surface area contributed by atoms with Crippen LogP contribution in [0.5, 0.6) is 0 Å². The van der Waals surface area contributed by atoms with Crippen LogP contribution in [0.2, 0.25) is 0 Å². The number of piperidine rings is 1. The smallest absolute Gasteiger partial charge is 0.262 e. The Morgan fingerprint density at radius 2 is 1.81 bits per heavy atom. The van der Waals surface area contributed by atoms with Crippen LogP contribution in [-0.4, -0.2) is 40.5 Å². The van der Waals surface area contributed by atoms with Crippen LogP contribution in [0.4, 0.5) is 4.39 Å². The minimum Gasteiger partial charge on any atom is -0.352 e. The lowest BCUT2D eigenvalue weighted by molar-refractivity contribution is -0.136. The van der Waals surface area contributed by atoms with Gasteiger partial charge in [-0.05, 0) is 35.7 Å². The number of amides is 5. The molecule has 2 aromatic rings. The normalized spacial score (nSPS) is 18.1. The van der Waals surface area contributed by atoms with Gasteiger partial charge < -0.3 is 5.32 Å². The molecule has 2 heterocycles. The molecular weight excluding hydrogens is 405 g/mol. The summed E-state index contributed by atoms with van der Waals surface area (Å²) in [5.41, 5.74) is 1.37. The Hall–Kier alpha value is -3.88. The number of imide groups is 2. The van der Waals surface area contributed by atoms with Crippen LogP contribution >= 0.6 is 0 Å². The summed E-state index contributed by atoms with van der Waals surface area (Å²) in [4.78, 5) is 62.5. The molecule has 2 aliphatic rings. The highest BCUT2D eigenvalue weighted by Gasteiger charge is 2.45. The first-order valence-electron chi connectivity index (χ1n) is 9.70. The molecule has 2 N–H and O–H groups in total. The van der Waals surface area contributed by atoms with Gasteiger partial charge in [-0.2, -0.15) is 0 Å². The van der Waals surface area contributed by atoms with E-state index < -0.39 is 35.5 Å². The number of carbonyl (C=O) groups is 5. The van der Waals surface area contributed by atoms with Crippen molar-refractivity contribution in [3.05, 3.63) is 70.5 Å². The second-order valence-electron chi connectivity index (χ2n) is 7.37. The number of fused-ring (bicyclic) bond motifs is 1. The number of benzene rings is 2. The highest BCUT2D eigenvalue weighted by atomic mass is 19.1. The van der Waals surface area contributed by atoms with E-state index in [4.69, 9.17) is 0 Å². The van der Waals surface area contributed by atoms with Gasteiger partial charge in [0, 0.05) is 13.0 Å². The van der Waals surface area contributed by atoms with Gasteiger partial charge in [-0.15, -0.1) is 0 Å². The maximum absolute atomic E-state index is 13.0. The van der Waals surface area contributed by atoms with Crippen molar-refractivity contribution in [1.29, 1.82) is 0 Å². The van der Waals surface area contributed by atoms with Crippen molar-refractivity contribution >= 4 is 29.5 Å². The predicted octanol–water partition coefficient (Wildman–Crippen LogP) is 1.09. The Morgan fingerprint density at radius 1 is 1.06 bits per heavy atom. The molecule has 1 unspecified atom stereocenters. The Labute approximate surface area is 176 Å². The molecule has 0 saturated carbocycles. The second-order valence-corrected chi connectivity index (χ2v) is 7.37. The summed E-state index contributed by atoms with van der Waals surface area (Å²) in [6.45, 7) is 0.00537. The van der Waals surface area contributed by atoms with E-state index in [0.717, 1.165) is 4.90 Å². The van der Waals surface area contributed by atoms with Gasteiger partial charge >= 0.3 is 0 Å². The average Bonchev–Trinajstić information content (AvgIpc) is 2.99. The Bertz CT molecular complexity index is 1110. The third-order valence-electron chi connectivity index (χ3n) is 5.31. The molecule has 2 aromatic carbocycles. The number of hydrogen-bond donors (Lipinski definition) is 2. The van der Waals surface area contributed by atoms with Crippen LogP contribution in [0.3, 0.4) is 0 Å². The summed E-state index contributed by atoms with van der Waals surface area (Å²) in [6, 6.07) is 9.21. The average molecular weight is 423 g/mol. The summed E-state index contributed by atoms with van der Waals surface area (Å²) >= 11 is 0. The molecule has 31 heavy (non-hydrogen) atoms. The standard InChI is InChI=1S/C22H18FN3O5/c23-14-6-4-12(5-7-14)10-18(28)24-11-13-2-1-3-15-19(13)22(31)26(21(15)30)16-8-9-17(27)25-20(16)29/h1-7,16H,8-11H2,(H,24,28)(H,25,27,29). The molecule has 8 nitrogen and oxygen atoms in total. The number of hydrogen-bond acceptors (Lipinski definition) is 5. The van der Waals surface area contributed by atoms with E-state index in [1.165, 1.54) is 30.3 Å². The first-order valence-corrected chi connectivity index (χ1v) is 9.70. The number of nitrogens with zero attached hydrogens (tertiary/aromatic N) is 1. The first kappa shape index (κ1) is 20.4. The number of rotatable bonds is 5. The van der Waals surface area contributed by atoms with Gasteiger partial charge in [-0.3, -0.25) is 34.2 Å². The van der Waals surface area contributed by atoms with Crippen molar-refractivity contribution in [2.75, 3.05) is 0 Å². The van der Waals surface area contributed by atoms with Crippen LogP contribution in [-0.2, 0) is 27.3 Å². The van der Waals surface area contributed by atoms with Gasteiger partial charge in [-0.1, -0.05) is 24.3 Å². The van der Waals surface area contributed by atoms with Crippen molar-refractivity contribution in [2.24, 2.45) is 0 Å². The lowest BCUT2D eigenvalue weighted by Crippen LogP contribution is -2.54. The van der Waals surface area contributed by atoms with Crippen LogP contribution in [0.1, 0.15) is 44.7 Å². The molecule has 158 valence electrons. The third-order valence-corrected chi connectivity index (χ3v) is 5.31. The summed E-state index contributed by atoms with van der Waals surface area (Å²) in [7, 11) is 0. The Balaban J connectivity index is 1.49. The van der Waals surface area contributed by atoms with E-state index >= 15 is 0 Å². The fourth-order valence-electron chi connectivity index (χ4n) is 3.78. The van der Waals surface area contributed by atoms with Gasteiger partial charge in [-0.25, -0.2) is 4.39 Å². The van der Waals surface area contributed by atoms with Crippen molar-refractivity contribution in [3.8, 4) is 0 Å². The number of nitrogens with one attached hydrogen (secondary N) is 2. The quantitative estimate of drug-likeness (QED) is 0.699. The van der Waals surface area contributed by atoms with E-state index in [0.29, 0.717) is 11.1 Å². The number of carbonyl (C=O) groups excluding carboxylic acids is 5. The molecule has 2 aliphatic heterocycles. The second kappa shape index (κ2) is 8.10. The zero-order valence-electron chi connectivity index (χ0n) is 16.3.